The van der Waals surface area contributed by atoms with Crippen LogP contribution in [0, 0.1) is 34.5 Å². The summed E-state index contributed by atoms with van der Waals surface area (Å²) >= 11 is 0. The van der Waals surface area contributed by atoms with E-state index in [1.54, 1.807) is 0 Å². The molecule has 4 aliphatic rings. The Hall–Kier alpha value is -1.78. The summed E-state index contributed by atoms with van der Waals surface area (Å²) in [5.74, 6) is -1.37. The maximum absolute atomic E-state index is 11.9. The zero-order chi connectivity index (χ0) is 18.1. The Balaban J connectivity index is 1.74. The number of aliphatic hydroxyl groups is 2. The lowest BCUT2D eigenvalue weighted by Gasteiger charge is -2.57. The molecule has 0 aromatic heterocycles. The largest absolute Gasteiger partial charge is 0.507 e. The van der Waals surface area contributed by atoms with Gasteiger partial charge in [-0.1, -0.05) is 12.5 Å². The van der Waals surface area contributed by atoms with Crippen molar-refractivity contribution in [2.24, 2.45) is 34.5 Å². The highest BCUT2D eigenvalue weighted by Gasteiger charge is 2.62. The number of ketones is 1. The molecular weight excluding hydrogens is 320 g/mol. The smallest absolute Gasteiger partial charge is 0.307 e. The van der Waals surface area contributed by atoms with Crippen molar-refractivity contribution in [3.05, 3.63) is 23.2 Å². The summed E-state index contributed by atoms with van der Waals surface area (Å²) in [6.07, 6.45) is 6.45. The first-order valence-electron chi connectivity index (χ1n) is 9.32. The minimum absolute atomic E-state index is 0.147. The Morgan fingerprint density at radius 1 is 1.12 bits per heavy atom. The van der Waals surface area contributed by atoms with Crippen LogP contribution in [0.2, 0.25) is 0 Å². The van der Waals surface area contributed by atoms with E-state index in [1.807, 2.05) is 6.92 Å². The number of aliphatic hydroxyl groups excluding tert-OH is 2. The van der Waals surface area contributed by atoms with E-state index in [9.17, 15) is 24.9 Å². The maximum atomic E-state index is 11.9. The van der Waals surface area contributed by atoms with Crippen molar-refractivity contribution in [3.63, 3.8) is 0 Å². The number of fused-ring (bicyclic) bond motifs is 5. The first-order chi connectivity index (χ1) is 11.7. The fourth-order valence-corrected chi connectivity index (χ4v) is 6.77. The zero-order valence-corrected chi connectivity index (χ0v) is 14.8. The van der Waals surface area contributed by atoms with Crippen molar-refractivity contribution in [1.29, 1.82) is 0 Å². The predicted octanol–water partition coefficient (Wildman–Crippen LogP) is 3.77. The lowest BCUT2D eigenvalue weighted by molar-refractivity contribution is -0.149. The third-order valence-electron chi connectivity index (χ3n) is 8.15. The van der Waals surface area contributed by atoms with Crippen LogP contribution in [-0.4, -0.2) is 27.1 Å². The number of hydrogen-bond donors (Lipinski definition) is 3. The van der Waals surface area contributed by atoms with Gasteiger partial charge in [-0.15, -0.1) is 0 Å². The van der Waals surface area contributed by atoms with Crippen LogP contribution in [-0.2, 0) is 9.59 Å². The average Bonchev–Trinajstić information content (AvgIpc) is 2.92. The molecule has 5 nitrogen and oxygen atoms in total. The van der Waals surface area contributed by atoms with Gasteiger partial charge >= 0.3 is 5.97 Å². The van der Waals surface area contributed by atoms with Crippen LogP contribution < -0.4 is 0 Å². The van der Waals surface area contributed by atoms with E-state index >= 15 is 0 Å². The number of carboxylic acid groups (broad SMARTS) is 1. The van der Waals surface area contributed by atoms with Crippen LogP contribution >= 0.6 is 0 Å². The van der Waals surface area contributed by atoms with Crippen molar-refractivity contribution < 1.29 is 24.9 Å². The summed E-state index contributed by atoms with van der Waals surface area (Å²) in [4.78, 5) is 23.6. The van der Waals surface area contributed by atoms with Gasteiger partial charge in [0, 0.05) is 0 Å². The molecular formula is C20H26O5. The number of rotatable bonds is 1. The fourth-order valence-electron chi connectivity index (χ4n) is 6.77. The van der Waals surface area contributed by atoms with Crippen LogP contribution in [0.4, 0.5) is 0 Å². The van der Waals surface area contributed by atoms with Crippen LogP contribution in [0.3, 0.4) is 0 Å². The van der Waals surface area contributed by atoms with E-state index < -0.39 is 22.9 Å². The molecule has 0 radical (unpaired) electrons. The lowest BCUT2D eigenvalue weighted by atomic mass is 9.47. The number of carboxylic acids is 1. The number of aliphatic carboxylic acids is 1. The molecule has 3 saturated carbocycles. The summed E-state index contributed by atoms with van der Waals surface area (Å²) in [5.41, 5.74) is 0.0467. The third kappa shape index (κ3) is 1.95. The Kier molecular flexibility index (Phi) is 3.41. The van der Waals surface area contributed by atoms with Gasteiger partial charge in [0.05, 0.1) is 11.3 Å². The quantitative estimate of drug-likeness (QED) is 0.672. The van der Waals surface area contributed by atoms with E-state index in [2.05, 4.69) is 6.92 Å². The highest BCUT2D eigenvalue weighted by atomic mass is 16.4. The second-order valence-corrected chi connectivity index (χ2v) is 8.86. The number of allylic oxidation sites excluding steroid dienone is 2. The molecule has 0 unspecified atom stereocenters. The first-order valence-corrected chi connectivity index (χ1v) is 9.32. The Labute approximate surface area is 147 Å². The number of carbonyl (C=O) groups is 2. The normalized spacial score (nSPS) is 46.2. The van der Waals surface area contributed by atoms with Gasteiger partial charge in [0.2, 0.25) is 11.5 Å². The van der Waals surface area contributed by atoms with E-state index in [4.69, 9.17) is 0 Å². The van der Waals surface area contributed by atoms with Crippen molar-refractivity contribution in [2.45, 2.75) is 52.4 Å². The summed E-state index contributed by atoms with van der Waals surface area (Å²) in [6, 6.07) is 0. The van der Waals surface area contributed by atoms with Crippen molar-refractivity contribution >= 4 is 11.8 Å². The topological polar surface area (TPSA) is 94.8 Å². The first kappa shape index (κ1) is 16.7. The molecule has 6 atom stereocenters. The van der Waals surface area contributed by atoms with Gasteiger partial charge in [0.25, 0.3) is 0 Å². The molecule has 4 rings (SSSR count). The highest BCUT2D eigenvalue weighted by Crippen LogP contribution is 2.67. The molecule has 5 heteroatoms. The van der Waals surface area contributed by atoms with Crippen LogP contribution in [0.5, 0.6) is 0 Å². The molecule has 0 amide bonds. The van der Waals surface area contributed by atoms with Crippen molar-refractivity contribution in [3.8, 4) is 0 Å². The van der Waals surface area contributed by atoms with Crippen LogP contribution in [0.15, 0.2) is 23.2 Å². The fraction of sp³-hybridized carbons (Fsp3) is 0.700. The Morgan fingerprint density at radius 3 is 2.52 bits per heavy atom. The molecule has 0 aromatic carbocycles. The summed E-state index contributed by atoms with van der Waals surface area (Å²) < 4.78 is 0. The van der Waals surface area contributed by atoms with E-state index in [-0.39, 0.29) is 23.0 Å². The summed E-state index contributed by atoms with van der Waals surface area (Å²) in [6.45, 7) is 4.07. The Morgan fingerprint density at radius 2 is 1.84 bits per heavy atom. The third-order valence-corrected chi connectivity index (χ3v) is 8.15. The standard InChI is InChI=1S/C20H26O5/c1-19-8-7-13-11(12(19)5-6-14(19)18(24)25)4-3-10-9-15(21)16(22)17(23)20(10,13)2/h9,11-14,22-23H,3-8H2,1-2H3,(H,24,25)/t11-,12-,13-,14+,19-,20-/m0/s1. The lowest BCUT2D eigenvalue weighted by Crippen LogP contribution is -2.52. The SMILES string of the molecule is C[C@@]12C(=CC(=O)C(O)=C1O)CC[C@@H]1[C@@H]2CC[C@]2(C)[C@@H](C(=O)O)CC[C@@H]12. The maximum Gasteiger partial charge on any atom is 0.307 e. The number of hydrogen-bond acceptors (Lipinski definition) is 4. The van der Waals surface area contributed by atoms with Gasteiger partial charge in [-0.25, -0.2) is 0 Å². The Bertz CT molecular complexity index is 720. The number of carbonyl (C=O) groups excluding carboxylic acids is 1. The van der Waals surface area contributed by atoms with Gasteiger partial charge in [-0.05, 0) is 74.7 Å². The van der Waals surface area contributed by atoms with E-state index in [0.29, 0.717) is 11.8 Å². The van der Waals surface area contributed by atoms with E-state index in [0.717, 1.165) is 44.1 Å². The molecule has 3 N–H and O–H groups in total. The van der Waals surface area contributed by atoms with Gasteiger partial charge in [0.1, 0.15) is 5.76 Å². The average molecular weight is 346 g/mol. The van der Waals surface area contributed by atoms with Crippen molar-refractivity contribution in [1.82, 2.24) is 0 Å². The van der Waals surface area contributed by atoms with Gasteiger partial charge in [0.15, 0.2) is 0 Å². The molecule has 0 saturated heterocycles. The summed E-state index contributed by atoms with van der Waals surface area (Å²) in [5, 5.41) is 30.3. The van der Waals surface area contributed by atoms with Gasteiger partial charge in [-0.2, -0.15) is 0 Å². The predicted molar refractivity (Wildman–Crippen MR) is 90.9 cm³/mol. The molecule has 25 heavy (non-hydrogen) atoms. The molecule has 0 heterocycles. The molecule has 4 aliphatic carbocycles. The second kappa shape index (κ2) is 5.12. The second-order valence-electron chi connectivity index (χ2n) is 8.86. The molecule has 0 bridgehead atoms. The van der Waals surface area contributed by atoms with E-state index in [1.165, 1.54) is 6.08 Å². The summed E-state index contributed by atoms with van der Waals surface area (Å²) in [7, 11) is 0. The minimum atomic E-state index is -0.691. The minimum Gasteiger partial charge on any atom is -0.507 e. The molecule has 136 valence electrons. The zero-order valence-electron chi connectivity index (χ0n) is 14.8. The molecule has 0 spiro atoms. The van der Waals surface area contributed by atoms with Crippen LogP contribution in [0.25, 0.3) is 0 Å². The van der Waals surface area contributed by atoms with Gasteiger partial charge < -0.3 is 15.3 Å². The highest BCUT2D eigenvalue weighted by molar-refractivity contribution is 6.04. The van der Waals surface area contributed by atoms with Crippen LogP contribution in [0.1, 0.15) is 52.4 Å². The molecule has 0 aromatic rings. The van der Waals surface area contributed by atoms with Gasteiger partial charge in [-0.3, -0.25) is 9.59 Å². The molecule has 0 aliphatic heterocycles. The van der Waals surface area contributed by atoms with Crippen molar-refractivity contribution in [2.75, 3.05) is 0 Å². The molecule has 3 fully saturated rings. The monoisotopic (exact) mass is 346 g/mol.